The fourth-order valence-corrected chi connectivity index (χ4v) is 2.61. The number of aliphatic hydroxyl groups excluding tert-OH is 1. The van der Waals surface area contributed by atoms with Gasteiger partial charge in [0.05, 0.1) is 11.7 Å². The number of aliphatic hydroxyl groups is 1. The van der Waals surface area contributed by atoms with Crippen LogP contribution in [0.2, 0.25) is 0 Å². The van der Waals surface area contributed by atoms with Crippen molar-refractivity contribution in [1.29, 1.82) is 0 Å². The summed E-state index contributed by atoms with van der Waals surface area (Å²) in [6, 6.07) is -0.0794. The second kappa shape index (κ2) is 5.45. The normalized spacial score (nSPS) is 30.7. The van der Waals surface area contributed by atoms with Gasteiger partial charge in [0.15, 0.2) is 0 Å². The van der Waals surface area contributed by atoms with Gasteiger partial charge in [-0.3, -0.25) is 0 Å². The van der Waals surface area contributed by atoms with Crippen molar-refractivity contribution in [2.45, 2.75) is 44.3 Å². The number of carbonyl (C=O) groups excluding carboxylic acids is 1. The lowest BCUT2D eigenvalue weighted by Gasteiger charge is -2.41. The van der Waals surface area contributed by atoms with E-state index in [1.807, 2.05) is 6.92 Å². The van der Waals surface area contributed by atoms with Crippen LogP contribution < -0.4 is 5.32 Å². The Morgan fingerprint density at radius 3 is 2.78 bits per heavy atom. The molecule has 1 aliphatic heterocycles. The largest absolute Gasteiger partial charge is 0.391 e. The van der Waals surface area contributed by atoms with E-state index < -0.39 is 6.10 Å². The zero-order valence-electron chi connectivity index (χ0n) is 11.3. The number of likely N-dealkylation sites (tertiary alicyclic amines) is 1. The number of carbonyl (C=O) groups is 1. The number of piperidine rings is 1. The maximum atomic E-state index is 12.0. The Morgan fingerprint density at radius 1 is 1.56 bits per heavy atom. The number of amides is 2. The summed E-state index contributed by atoms with van der Waals surface area (Å²) >= 11 is 0. The molecule has 1 saturated heterocycles. The van der Waals surface area contributed by atoms with E-state index in [1.54, 1.807) is 12.0 Å². The summed E-state index contributed by atoms with van der Waals surface area (Å²) < 4.78 is 5.47. The van der Waals surface area contributed by atoms with Crippen LogP contribution in [0.3, 0.4) is 0 Å². The van der Waals surface area contributed by atoms with Crippen molar-refractivity contribution in [3.05, 3.63) is 0 Å². The van der Waals surface area contributed by atoms with Gasteiger partial charge < -0.3 is 20.1 Å². The highest BCUT2D eigenvalue weighted by Crippen LogP contribution is 2.34. The van der Waals surface area contributed by atoms with Crippen LogP contribution in [0, 0.1) is 5.92 Å². The van der Waals surface area contributed by atoms with Gasteiger partial charge in [0, 0.05) is 26.7 Å². The molecule has 2 atom stereocenters. The molecule has 0 radical (unpaired) electrons. The Kier molecular flexibility index (Phi) is 4.12. The van der Waals surface area contributed by atoms with Gasteiger partial charge in [-0.2, -0.15) is 0 Å². The Bertz CT molecular complexity index is 299. The minimum absolute atomic E-state index is 0.0794. The number of nitrogens with one attached hydrogen (secondary N) is 1. The SMILES string of the molecule is COC1(CNC(=O)N2CCC(C)C(O)C2)CCC1. The van der Waals surface area contributed by atoms with Crippen LogP contribution in [0.5, 0.6) is 0 Å². The number of nitrogens with zero attached hydrogens (tertiary/aromatic N) is 1. The van der Waals surface area contributed by atoms with Crippen molar-refractivity contribution in [1.82, 2.24) is 10.2 Å². The van der Waals surface area contributed by atoms with Gasteiger partial charge in [-0.1, -0.05) is 6.92 Å². The van der Waals surface area contributed by atoms with Crippen molar-refractivity contribution in [2.75, 3.05) is 26.7 Å². The number of urea groups is 1. The molecule has 2 N–H and O–H groups in total. The predicted octanol–water partition coefficient (Wildman–Crippen LogP) is 0.968. The Balaban J connectivity index is 1.78. The minimum Gasteiger partial charge on any atom is -0.391 e. The third-order valence-electron chi connectivity index (χ3n) is 4.47. The average molecular weight is 256 g/mol. The molecule has 5 nitrogen and oxygen atoms in total. The lowest BCUT2D eigenvalue weighted by Crippen LogP contribution is -2.54. The van der Waals surface area contributed by atoms with Crippen LogP contribution in [0.4, 0.5) is 4.79 Å². The number of methoxy groups -OCH3 is 1. The first-order chi connectivity index (χ1) is 8.56. The molecule has 1 heterocycles. The molecule has 0 aromatic rings. The third-order valence-corrected chi connectivity index (χ3v) is 4.47. The van der Waals surface area contributed by atoms with Crippen LogP contribution in [0.25, 0.3) is 0 Å². The monoisotopic (exact) mass is 256 g/mol. The van der Waals surface area contributed by atoms with E-state index in [-0.39, 0.29) is 17.6 Å². The highest BCUT2D eigenvalue weighted by Gasteiger charge is 2.38. The molecule has 5 heteroatoms. The summed E-state index contributed by atoms with van der Waals surface area (Å²) in [6.07, 6.45) is 3.67. The van der Waals surface area contributed by atoms with Gasteiger partial charge in [0.1, 0.15) is 0 Å². The molecule has 1 saturated carbocycles. The van der Waals surface area contributed by atoms with Crippen LogP contribution in [0.15, 0.2) is 0 Å². The zero-order valence-corrected chi connectivity index (χ0v) is 11.3. The van der Waals surface area contributed by atoms with Crippen molar-refractivity contribution in [3.63, 3.8) is 0 Å². The van der Waals surface area contributed by atoms with Crippen LogP contribution >= 0.6 is 0 Å². The van der Waals surface area contributed by atoms with E-state index in [0.29, 0.717) is 13.1 Å². The standard InChI is InChI=1S/C13H24N2O3/c1-10-4-7-15(8-11(10)16)12(17)14-9-13(18-2)5-3-6-13/h10-11,16H,3-9H2,1-2H3,(H,14,17). The lowest BCUT2D eigenvalue weighted by molar-refractivity contribution is -0.0682. The van der Waals surface area contributed by atoms with Crippen molar-refractivity contribution in [3.8, 4) is 0 Å². The molecule has 0 spiro atoms. The summed E-state index contributed by atoms with van der Waals surface area (Å²) in [4.78, 5) is 13.7. The molecule has 0 bridgehead atoms. The Morgan fingerprint density at radius 2 is 2.28 bits per heavy atom. The van der Waals surface area contributed by atoms with Crippen molar-refractivity contribution >= 4 is 6.03 Å². The van der Waals surface area contributed by atoms with Crippen LogP contribution in [-0.4, -0.2) is 54.5 Å². The molecule has 2 aliphatic rings. The minimum atomic E-state index is -0.399. The van der Waals surface area contributed by atoms with Gasteiger partial charge in [0.25, 0.3) is 0 Å². The molecule has 0 aromatic carbocycles. The molecule has 2 rings (SSSR count). The number of ether oxygens (including phenoxy) is 1. The predicted molar refractivity (Wildman–Crippen MR) is 68.4 cm³/mol. The third kappa shape index (κ3) is 2.78. The topological polar surface area (TPSA) is 61.8 Å². The van der Waals surface area contributed by atoms with Crippen LogP contribution in [-0.2, 0) is 4.74 Å². The van der Waals surface area contributed by atoms with Crippen LogP contribution in [0.1, 0.15) is 32.6 Å². The summed E-state index contributed by atoms with van der Waals surface area (Å²) in [7, 11) is 1.71. The first kappa shape index (κ1) is 13.6. The van der Waals surface area contributed by atoms with E-state index in [9.17, 15) is 9.90 Å². The van der Waals surface area contributed by atoms with Gasteiger partial charge in [-0.05, 0) is 31.6 Å². The van der Waals surface area contributed by atoms with E-state index >= 15 is 0 Å². The summed E-state index contributed by atoms with van der Waals surface area (Å²) in [5, 5.41) is 12.7. The van der Waals surface area contributed by atoms with Crippen molar-refractivity contribution in [2.24, 2.45) is 5.92 Å². The maximum absolute atomic E-state index is 12.0. The van der Waals surface area contributed by atoms with Gasteiger partial charge in [-0.25, -0.2) is 4.79 Å². The molecule has 18 heavy (non-hydrogen) atoms. The van der Waals surface area contributed by atoms with Gasteiger partial charge >= 0.3 is 6.03 Å². The zero-order chi connectivity index (χ0) is 13.2. The van der Waals surface area contributed by atoms with E-state index in [1.165, 1.54) is 6.42 Å². The van der Waals surface area contributed by atoms with Crippen molar-refractivity contribution < 1.29 is 14.6 Å². The van der Waals surface area contributed by atoms with Gasteiger partial charge in [-0.15, -0.1) is 0 Å². The van der Waals surface area contributed by atoms with E-state index in [2.05, 4.69) is 5.32 Å². The summed E-state index contributed by atoms with van der Waals surface area (Å²) in [5.74, 6) is 0.283. The number of β-amino-alcohol motifs (C(OH)–C–C–N with tert-alkyl or cyclic N) is 1. The molecule has 2 amide bonds. The number of hydrogen-bond acceptors (Lipinski definition) is 3. The molecule has 2 unspecified atom stereocenters. The van der Waals surface area contributed by atoms with Gasteiger partial charge in [0.2, 0.25) is 0 Å². The van der Waals surface area contributed by atoms with E-state index in [0.717, 1.165) is 25.8 Å². The number of rotatable bonds is 3. The molecular formula is C13H24N2O3. The fourth-order valence-electron chi connectivity index (χ4n) is 2.61. The molecule has 1 aliphatic carbocycles. The second-order valence-electron chi connectivity index (χ2n) is 5.68. The number of hydrogen-bond donors (Lipinski definition) is 2. The highest BCUT2D eigenvalue weighted by molar-refractivity contribution is 5.74. The summed E-state index contributed by atoms with van der Waals surface area (Å²) in [5.41, 5.74) is -0.142. The maximum Gasteiger partial charge on any atom is 0.317 e. The highest BCUT2D eigenvalue weighted by atomic mass is 16.5. The summed E-state index contributed by atoms with van der Waals surface area (Å²) in [6.45, 7) is 3.76. The van der Waals surface area contributed by atoms with E-state index in [4.69, 9.17) is 4.74 Å². The first-order valence-corrected chi connectivity index (χ1v) is 6.82. The second-order valence-corrected chi connectivity index (χ2v) is 5.68. The molecule has 0 aromatic heterocycles. The lowest BCUT2D eigenvalue weighted by atomic mass is 9.80. The molecule has 104 valence electrons. The fraction of sp³-hybridized carbons (Fsp3) is 0.923. The molecule has 2 fully saturated rings. The smallest absolute Gasteiger partial charge is 0.317 e. The first-order valence-electron chi connectivity index (χ1n) is 6.82. The average Bonchev–Trinajstić information content (AvgIpc) is 2.31. The molecular weight excluding hydrogens is 232 g/mol. The Hall–Kier alpha value is -0.810. The quantitative estimate of drug-likeness (QED) is 0.791. The Labute approximate surface area is 108 Å².